The standard InChI is InChI=1S/C28H28N4O5S/c1-4-37-19-11-7-17(8-12-19)22-23-20(13-28(2,3)14-21(23)33)29-25-24(22)26(34)31-27(30-25)38-15-16-5-9-18(10-6-16)32(35)36/h5-12,22H,4,13-15H2,1-3H3,(H2,29,30,31,34)/t22-/m0/s1. The molecule has 196 valence electrons. The van der Waals surface area contributed by atoms with Gasteiger partial charge in [-0.15, -0.1) is 0 Å². The number of ether oxygens (including phenoxy) is 1. The van der Waals surface area contributed by atoms with E-state index < -0.39 is 10.8 Å². The van der Waals surface area contributed by atoms with Gasteiger partial charge in [0.05, 0.1) is 17.1 Å². The summed E-state index contributed by atoms with van der Waals surface area (Å²) in [7, 11) is 0. The van der Waals surface area contributed by atoms with Crippen LogP contribution in [0.2, 0.25) is 0 Å². The minimum absolute atomic E-state index is 0.0256. The van der Waals surface area contributed by atoms with E-state index >= 15 is 0 Å². The number of nitrogens with zero attached hydrogens (tertiary/aromatic N) is 2. The Labute approximate surface area is 223 Å². The number of Topliss-reactive ketones (excluding diaryl/α,β-unsaturated/α-hetero) is 1. The van der Waals surface area contributed by atoms with Gasteiger partial charge in [0.25, 0.3) is 11.2 Å². The zero-order valence-corrected chi connectivity index (χ0v) is 22.2. The third-order valence-electron chi connectivity index (χ3n) is 6.75. The highest BCUT2D eigenvalue weighted by atomic mass is 32.2. The quantitative estimate of drug-likeness (QED) is 0.175. The fourth-order valence-electron chi connectivity index (χ4n) is 5.08. The number of aromatic nitrogens is 2. The number of fused-ring (bicyclic) bond motifs is 1. The molecule has 1 aromatic heterocycles. The molecule has 5 rings (SSSR count). The molecule has 0 saturated heterocycles. The van der Waals surface area contributed by atoms with E-state index in [1.54, 1.807) is 12.1 Å². The number of H-pyrrole nitrogens is 1. The molecule has 10 heteroatoms. The summed E-state index contributed by atoms with van der Waals surface area (Å²) in [5.41, 5.74) is 3.05. The molecule has 0 unspecified atom stereocenters. The summed E-state index contributed by atoms with van der Waals surface area (Å²) >= 11 is 1.33. The van der Waals surface area contributed by atoms with Gasteiger partial charge in [-0.1, -0.05) is 49.9 Å². The molecule has 0 amide bonds. The van der Waals surface area contributed by atoms with Crippen LogP contribution >= 0.6 is 11.8 Å². The number of anilines is 1. The molecule has 9 nitrogen and oxygen atoms in total. The summed E-state index contributed by atoms with van der Waals surface area (Å²) in [6.45, 7) is 6.59. The molecule has 3 aromatic rings. The van der Waals surface area contributed by atoms with Gasteiger partial charge in [-0.2, -0.15) is 0 Å². The summed E-state index contributed by atoms with van der Waals surface area (Å²) in [4.78, 5) is 45.0. The molecule has 0 saturated carbocycles. The van der Waals surface area contributed by atoms with Gasteiger partial charge in [0.2, 0.25) is 0 Å². The van der Waals surface area contributed by atoms with Gasteiger partial charge >= 0.3 is 0 Å². The molecule has 2 heterocycles. The predicted octanol–water partition coefficient (Wildman–Crippen LogP) is 5.57. The third kappa shape index (κ3) is 5.08. The van der Waals surface area contributed by atoms with E-state index in [4.69, 9.17) is 9.72 Å². The van der Waals surface area contributed by atoms with Crippen molar-refractivity contribution in [1.29, 1.82) is 0 Å². The largest absolute Gasteiger partial charge is 0.494 e. The molecule has 0 radical (unpaired) electrons. The lowest BCUT2D eigenvalue weighted by Crippen LogP contribution is -2.37. The SMILES string of the molecule is CCOc1ccc([C@H]2C3=C(CC(C)(C)CC3=O)Nc3nc(SCc4ccc([N+](=O)[O-])cc4)[nH]c(=O)c32)cc1. The molecule has 1 aliphatic carbocycles. The fourth-order valence-corrected chi connectivity index (χ4v) is 5.90. The van der Waals surface area contributed by atoms with Crippen molar-refractivity contribution in [3.05, 3.63) is 97.0 Å². The van der Waals surface area contributed by atoms with Crippen molar-refractivity contribution in [2.24, 2.45) is 5.41 Å². The number of aromatic amines is 1. The van der Waals surface area contributed by atoms with Gasteiger partial charge in [0, 0.05) is 41.5 Å². The number of ketones is 1. The monoisotopic (exact) mass is 532 g/mol. The highest BCUT2D eigenvalue weighted by Gasteiger charge is 2.42. The lowest BCUT2D eigenvalue weighted by atomic mass is 9.69. The number of thioether (sulfide) groups is 1. The lowest BCUT2D eigenvalue weighted by molar-refractivity contribution is -0.384. The second kappa shape index (κ2) is 10.1. The van der Waals surface area contributed by atoms with Crippen molar-refractivity contribution in [2.45, 2.75) is 50.4 Å². The number of rotatable bonds is 7. The normalized spacial score (nSPS) is 17.9. The van der Waals surface area contributed by atoms with Crippen LogP contribution in [0.1, 0.15) is 56.2 Å². The second-order valence-electron chi connectivity index (χ2n) is 10.2. The van der Waals surface area contributed by atoms with Crippen molar-refractivity contribution in [3.63, 3.8) is 0 Å². The number of carbonyl (C=O) groups excluding carboxylic acids is 1. The Morgan fingerprint density at radius 2 is 1.82 bits per heavy atom. The van der Waals surface area contributed by atoms with E-state index in [0.717, 1.165) is 22.6 Å². The van der Waals surface area contributed by atoms with E-state index in [2.05, 4.69) is 24.1 Å². The van der Waals surface area contributed by atoms with Crippen LogP contribution in [-0.2, 0) is 10.5 Å². The summed E-state index contributed by atoms with van der Waals surface area (Å²) in [5, 5.41) is 14.7. The van der Waals surface area contributed by atoms with Crippen LogP contribution < -0.4 is 15.6 Å². The minimum Gasteiger partial charge on any atom is -0.494 e. The number of nitro groups is 1. The zero-order valence-electron chi connectivity index (χ0n) is 21.4. The molecule has 0 spiro atoms. The Hall–Kier alpha value is -3.92. The highest BCUT2D eigenvalue weighted by molar-refractivity contribution is 7.98. The Bertz CT molecular complexity index is 1490. The average Bonchev–Trinajstić information content (AvgIpc) is 2.86. The van der Waals surface area contributed by atoms with Crippen LogP contribution in [-0.4, -0.2) is 27.3 Å². The topological polar surface area (TPSA) is 127 Å². The molecule has 0 bridgehead atoms. The number of nitro benzene ring substituents is 1. The Kier molecular flexibility index (Phi) is 6.83. The van der Waals surface area contributed by atoms with Crippen LogP contribution in [0.5, 0.6) is 5.75 Å². The maximum atomic E-state index is 13.5. The molecule has 1 atom stereocenters. The minimum atomic E-state index is -0.537. The van der Waals surface area contributed by atoms with Gasteiger partial charge in [-0.05, 0) is 42.0 Å². The molecule has 1 aliphatic heterocycles. The van der Waals surface area contributed by atoms with Crippen LogP contribution in [0, 0.1) is 15.5 Å². The van der Waals surface area contributed by atoms with Gasteiger partial charge in [0.1, 0.15) is 11.6 Å². The zero-order chi connectivity index (χ0) is 27.0. The molecule has 2 aromatic carbocycles. The summed E-state index contributed by atoms with van der Waals surface area (Å²) in [5.74, 6) is 1.14. The van der Waals surface area contributed by atoms with Gasteiger partial charge < -0.3 is 15.0 Å². The highest BCUT2D eigenvalue weighted by Crippen LogP contribution is 2.47. The van der Waals surface area contributed by atoms with E-state index in [-0.39, 0.29) is 22.4 Å². The molecule has 2 aliphatic rings. The number of allylic oxidation sites excluding steroid dienone is 2. The molecule has 0 fully saturated rings. The van der Waals surface area contributed by atoms with Crippen molar-refractivity contribution in [1.82, 2.24) is 9.97 Å². The Balaban J connectivity index is 1.52. The number of hydrogen-bond donors (Lipinski definition) is 2. The number of non-ortho nitro benzene ring substituents is 1. The number of carbonyl (C=O) groups is 1. The second-order valence-corrected chi connectivity index (χ2v) is 11.2. The fraction of sp³-hybridized carbons (Fsp3) is 0.321. The van der Waals surface area contributed by atoms with Crippen LogP contribution in [0.15, 0.2) is 69.8 Å². The van der Waals surface area contributed by atoms with Crippen molar-refractivity contribution in [2.75, 3.05) is 11.9 Å². The number of benzene rings is 2. The van der Waals surface area contributed by atoms with Gasteiger partial charge in [0.15, 0.2) is 10.9 Å². The third-order valence-corrected chi connectivity index (χ3v) is 7.69. The number of hydrogen-bond acceptors (Lipinski definition) is 8. The average molecular weight is 533 g/mol. The van der Waals surface area contributed by atoms with E-state index in [1.165, 1.54) is 23.9 Å². The van der Waals surface area contributed by atoms with Crippen molar-refractivity contribution >= 4 is 29.1 Å². The molecule has 2 N–H and O–H groups in total. The van der Waals surface area contributed by atoms with E-state index in [9.17, 15) is 19.7 Å². The summed E-state index contributed by atoms with van der Waals surface area (Å²) in [6.07, 6.45) is 1.08. The molecular formula is C28H28N4O5S. The first-order chi connectivity index (χ1) is 18.1. The lowest BCUT2D eigenvalue weighted by Gasteiger charge is -2.38. The molecule has 38 heavy (non-hydrogen) atoms. The van der Waals surface area contributed by atoms with Gasteiger partial charge in [-0.25, -0.2) is 4.98 Å². The maximum Gasteiger partial charge on any atom is 0.269 e. The molecular weight excluding hydrogens is 504 g/mol. The van der Waals surface area contributed by atoms with Gasteiger partial charge in [-0.3, -0.25) is 19.7 Å². The van der Waals surface area contributed by atoms with Crippen molar-refractivity contribution in [3.8, 4) is 5.75 Å². The summed E-state index contributed by atoms with van der Waals surface area (Å²) in [6, 6.07) is 13.8. The summed E-state index contributed by atoms with van der Waals surface area (Å²) < 4.78 is 5.59. The van der Waals surface area contributed by atoms with E-state index in [1.807, 2.05) is 31.2 Å². The first kappa shape index (κ1) is 25.7. The smallest absolute Gasteiger partial charge is 0.269 e. The Morgan fingerprint density at radius 1 is 1.11 bits per heavy atom. The van der Waals surface area contributed by atoms with Crippen LogP contribution in [0.25, 0.3) is 0 Å². The Morgan fingerprint density at radius 3 is 2.47 bits per heavy atom. The number of nitrogens with one attached hydrogen (secondary N) is 2. The first-order valence-electron chi connectivity index (χ1n) is 12.4. The maximum absolute atomic E-state index is 13.5. The van der Waals surface area contributed by atoms with Crippen LogP contribution in [0.4, 0.5) is 11.5 Å². The predicted molar refractivity (Wildman–Crippen MR) is 146 cm³/mol. The van der Waals surface area contributed by atoms with E-state index in [0.29, 0.717) is 47.3 Å². The van der Waals surface area contributed by atoms with Crippen molar-refractivity contribution < 1.29 is 14.5 Å². The van der Waals surface area contributed by atoms with Crippen LogP contribution in [0.3, 0.4) is 0 Å². The first-order valence-corrected chi connectivity index (χ1v) is 13.4.